The highest BCUT2D eigenvalue weighted by molar-refractivity contribution is 7.89. The van der Waals surface area contributed by atoms with E-state index in [2.05, 4.69) is 21.9 Å². The first-order chi connectivity index (χ1) is 11.0. The Morgan fingerprint density at radius 1 is 1.22 bits per heavy atom. The first kappa shape index (κ1) is 18.5. The molecule has 0 aromatic carbocycles. The van der Waals surface area contributed by atoms with Crippen LogP contribution in [0.25, 0.3) is 0 Å². The molecule has 23 heavy (non-hydrogen) atoms. The summed E-state index contributed by atoms with van der Waals surface area (Å²) in [7, 11) is -3.09. The molecule has 134 valence electrons. The fraction of sp³-hybridized carbons (Fsp3) is 0.938. The average molecular weight is 345 g/mol. The van der Waals surface area contributed by atoms with E-state index in [4.69, 9.17) is 4.99 Å². The van der Waals surface area contributed by atoms with Crippen molar-refractivity contribution in [2.45, 2.75) is 52.4 Å². The van der Waals surface area contributed by atoms with Gasteiger partial charge in [0.1, 0.15) is 0 Å². The number of nitrogens with one attached hydrogen (secondary N) is 2. The van der Waals surface area contributed by atoms with Crippen molar-refractivity contribution >= 4 is 16.0 Å². The van der Waals surface area contributed by atoms with E-state index in [0.29, 0.717) is 18.5 Å². The Kier molecular flexibility index (Phi) is 6.71. The van der Waals surface area contributed by atoms with Crippen LogP contribution in [0.1, 0.15) is 52.4 Å². The average Bonchev–Trinajstić information content (AvgIpc) is 3.16. The summed E-state index contributed by atoms with van der Waals surface area (Å²) in [6.07, 6.45) is 7.49. The number of rotatable bonds is 7. The molecule has 0 amide bonds. The lowest BCUT2D eigenvalue weighted by Crippen LogP contribution is -2.41. The quantitative estimate of drug-likeness (QED) is 0.417. The fourth-order valence-electron chi connectivity index (χ4n) is 3.67. The molecule has 0 aromatic rings. The maximum atomic E-state index is 11.4. The Bertz CT molecular complexity index is 498. The number of sulfonamides is 1. The van der Waals surface area contributed by atoms with E-state index in [1.54, 1.807) is 6.92 Å². The molecule has 0 bridgehead atoms. The number of likely N-dealkylation sites (tertiary alicyclic amines) is 1. The molecule has 1 saturated heterocycles. The minimum Gasteiger partial charge on any atom is -0.357 e. The number of nitrogens with zero attached hydrogens (tertiary/aromatic N) is 2. The van der Waals surface area contributed by atoms with Crippen LogP contribution in [0.4, 0.5) is 0 Å². The number of aliphatic imine (C=N–C) groups is 1. The number of guanidine groups is 1. The minimum absolute atomic E-state index is 0.134. The fourth-order valence-corrected chi connectivity index (χ4v) is 4.33. The van der Waals surface area contributed by atoms with Crippen molar-refractivity contribution in [2.24, 2.45) is 10.4 Å². The summed E-state index contributed by atoms with van der Waals surface area (Å²) in [5, 5.41) is 3.39. The molecule has 1 aliphatic heterocycles. The van der Waals surface area contributed by atoms with Crippen molar-refractivity contribution in [2.75, 3.05) is 38.5 Å². The molecule has 1 heterocycles. The molecule has 2 aliphatic rings. The van der Waals surface area contributed by atoms with Gasteiger partial charge in [0.25, 0.3) is 0 Å². The van der Waals surface area contributed by atoms with Gasteiger partial charge in [-0.3, -0.25) is 4.99 Å². The van der Waals surface area contributed by atoms with Crippen molar-refractivity contribution in [3.05, 3.63) is 0 Å². The van der Waals surface area contributed by atoms with Crippen LogP contribution in [0.15, 0.2) is 4.99 Å². The standard InChI is InChI=1S/C16H32N4O2S/c1-3-17-15(18-11-7-12-19-23(21,22)4-2)20-13-10-16(14-20)8-5-6-9-16/h19H,3-14H2,1-2H3,(H,17,18). The van der Waals surface area contributed by atoms with Crippen molar-refractivity contribution < 1.29 is 8.42 Å². The molecule has 1 aliphatic carbocycles. The summed E-state index contributed by atoms with van der Waals surface area (Å²) in [5.74, 6) is 1.13. The molecule has 7 heteroatoms. The zero-order valence-corrected chi connectivity index (χ0v) is 15.4. The summed E-state index contributed by atoms with van der Waals surface area (Å²) in [6, 6.07) is 0. The second-order valence-corrected chi connectivity index (χ2v) is 8.86. The molecule has 2 rings (SSSR count). The molecule has 2 N–H and O–H groups in total. The van der Waals surface area contributed by atoms with Gasteiger partial charge in [-0.15, -0.1) is 0 Å². The topological polar surface area (TPSA) is 73.8 Å². The predicted molar refractivity (Wildman–Crippen MR) is 95.2 cm³/mol. The van der Waals surface area contributed by atoms with Crippen LogP contribution < -0.4 is 10.0 Å². The Balaban J connectivity index is 1.81. The van der Waals surface area contributed by atoms with Gasteiger partial charge in [-0.2, -0.15) is 0 Å². The van der Waals surface area contributed by atoms with Crippen LogP contribution in [0.5, 0.6) is 0 Å². The third kappa shape index (κ3) is 5.35. The highest BCUT2D eigenvalue weighted by Gasteiger charge is 2.40. The molecule has 0 aromatic heterocycles. The maximum Gasteiger partial charge on any atom is 0.211 e. The largest absolute Gasteiger partial charge is 0.357 e. The third-order valence-electron chi connectivity index (χ3n) is 5.04. The summed E-state index contributed by atoms with van der Waals surface area (Å²) in [6.45, 7) is 7.93. The van der Waals surface area contributed by atoms with Crippen LogP contribution in [-0.4, -0.2) is 57.8 Å². The molecular weight excluding hydrogens is 312 g/mol. The normalized spacial score (nSPS) is 21.3. The van der Waals surface area contributed by atoms with Gasteiger partial charge in [0.2, 0.25) is 10.0 Å². The smallest absolute Gasteiger partial charge is 0.211 e. The zero-order valence-electron chi connectivity index (χ0n) is 14.6. The molecule has 1 spiro atoms. The van der Waals surface area contributed by atoms with Gasteiger partial charge in [-0.1, -0.05) is 12.8 Å². The summed E-state index contributed by atoms with van der Waals surface area (Å²) < 4.78 is 25.4. The minimum atomic E-state index is -3.09. The Labute approximate surface area is 141 Å². The molecule has 2 fully saturated rings. The lowest BCUT2D eigenvalue weighted by atomic mass is 9.86. The maximum absolute atomic E-state index is 11.4. The Morgan fingerprint density at radius 3 is 2.61 bits per heavy atom. The van der Waals surface area contributed by atoms with Gasteiger partial charge in [-0.05, 0) is 44.9 Å². The van der Waals surface area contributed by atoms with Gasteiger partial charge in [0.15, 0.2) is 5.96 Å². The number of hydrogen-bond donors (Lipinski definition) is 2. The van der Waals surface area contributed by atoms with Crippen molar-refractivity contribution in [1.29, 1.82) is 0 Å². The van der Waals surface area contributed by atoms with Gasteiger partial charge >= 0.3 is 0 Å². The van der Waals surface area contributed by atoms with Gasteiger partial charge in [-0.25, -0.2) is 13.1 Å². The molecule has 0 unspecified atom stereocenters. The molecule has 0 radical (unpaired) electrons. The first-order valence-electron chi connectivity index (χ1n) is 9.01. The van der Waals surface area contributed by atoms with Crippen molar-refractivity contribution in [3.63, 3.8) is 0 Å². The van der Waals surface area contributed by atoms with E-state index in [0.717, 1.165) is 32.0 Å². The van der Waals surface area contributed by atoms with Crippen LogP contribution in [0.2, 0.25) is 0 Å². The SMILES string of the molecule is CCNC(=NCCCNS(=O)(=O)CC)N1CCC2(CCCC2)C1. The third-order valence-corrected chi connectivity index (χ3v) is 6.44. The second-order valence-electron chi connectivity index (χ2n) is 6.77. The Morgan fingerprint density at radius 2 is 1.96 bits per heavy atom. The van der Waals surface area contributed by atoms with Crippen LogP contribution in [0.3, 0.4) is 0 Å². The molecule has 0 atom stereocenters. The van der Waals surface area contributed by atoms with Gasteiger partial charge < -0.3 is 10.2 Å². The monoisotopic (exact) mass is 344 g/mol. The zero-order chi connectivity index (χ0) is 16.8. The highest BCUT2D eigenvalue weighted by Crippen LogP contribution is 2.45. The van der Waals surface area contributed by atoms with Crippen molar-refractivity contribution in [1.82, 2.24) is 14.9 Å². The van der Waals surface area contributed by atoms with E-state index >= 15 is 0 Å². The summed E-state index contributed by atoms with van der Waals surface area (Å²) >= 11 is 0. The molecular formula is C16H32N4O2S. The summed E-state index contributed by atoms with van der Waals surface area (Å²) in [5.41, 5.74) is 0.535. The van der Waals surface area contributed by atoms with Crippen molar-refractivity contribution in [3.8, 4) is 0 Å². The number of hydrogen-bond acceptors (Lipinski definition) is 3. The lowest BCUT2D eigenvalue weighted by molar-refractivity contribution is 0.309. The van der Waals surface area contributed by atoms with Crippen LogP contribution >= 0.6 is 0 Å². The highest BCUT2D eigenvalue weighted by atomic mass is 32.2. The molecule has 6 nitrogen and oxygen atoms in total. The van der Waals surface area contributed by atoms with Crippen LogP contribution in [0, 0.1) is 5.41 Å². The molecule has 1 saturated carbocycles. The van der Waals surface area contributed by atoms with Gasteiger partial charge in [0, 0.05) is 32.7 Å². The van der Waals surface area contributed by atoms with Gasteiger partial charge in [0.05, 0.1) is 5.75 Å². The Hall–Kier alpha value is -0.820. The van der Waals surface area contributed by atoms with E-state index in [1.807, 2.05) is 0 Å². The summed E-state index contributed by atoms with van der Waals surface area (Å²) in [4.78, 5) is 7.09. The van der Waals surface area contributed by atoms with E-state index in [-0.39, 0.29) is 5.75 Å². The second kappa shape index (κ2) is 8.33. The van der Waals surface area contributed by atoms with E-state index in [9.17, 15) is 8.42 Å². The first-order valence-corrected chi connectivity index (χ1v) is 10.7. The van der Waals surface area contributed by atoms with Crippen LogP contribution in [-0.2, 0) is 10.0 Å². The lowest BCUT2D eigenvalue weighted by Gasteiger charge is -2.26. The van der Waals surface area contributed by atoms with E-state index < -0.39 is 10.0 Å². The predicted octanol–water partition coefficient (Wildman–Crippen LogP) is 1.55. The van der Waals surface area contributed by atoms with E-state index in [1.165, 1.54) is 32.1 Å².